The summed E-state index contributed by atoms with van der Waals surface area (Å²) in [6.45, 7) is 18.5. The SMILES string of the molecule is CCCCCCCCCCCCC/C=C/C(O[Si](C)(C)C(C)(C)C)C(CO)NC(=O)OC(C)(C)C. The molecule has 2 unspecified atom stereocenters. The quantitative estimate of drug-likeness (QED) is 0.109. The van der Waals surface area contributed by atoms with Crippen molar-refractivity contribution in [3.8, 4) is 0 Å². The molecule has 0 aromatic heterocycles. The number of rotatable bonds is 18. The van der Waals surface area contributed by atoms with Gasteiger partial charge in [-0.15, -0.1) is 0 Å². The maximum absolute atomic E-state index is 12.4. The number of unbranched alkanes of at least 4 members (excludes halogenated alkanes) is 11. The molecule has 0 saturated carbocycles. The van der Waals surface area contributed by atoms with Crippen LogP contribution in [-0.4, -0.2) is 43.9 Å². The maximum atomic E-state index is 12.4. The Balaban J connectivity index is 4.71. The van der Waals surface area contributed by atoms with Crippen molar-refractivity contribution in [3.05, 3.63) is 12.2 Å². The van der Waals surface area contributed by atoms with Crippen molar-refractivity contribution in [2.45, 2.75) is 161 Å². The number of aliphatic hydroxyl groups excluding tert-OH is 1. The molecule has 2 N–H and O–H groups in total. The summed E-state index contributed by atoms with van der Waals surface area (Å²) < 4.78 is 12.0. The lowest BCUT2D eigenvalue weighted by Crippen LogP contribution is -2.53. The molecular weight excluding hydrogens is 454 g/mol. The Morgan fingerprint density at radius 1 is 0.886 bits per heavy atom. The lowest BCUT2D eigenvalue weighted by Gasteiger charge is -2.40. The highest BCUT2D eigenvalue weighted by atomic mass is 28.4. The number of alkyl carbamates (subject to hydrolysis) is 1. The van der Waals surface area contributed by atoms with Crippen molar-refractivity contribution in [1.82, 2.24) is 5.32 Å². The van der Waals surface area contributed by atoms with Crippen molar-refractivity contribution in [2.75, 3.05) is 6.61 Å². The van der Waals surface area contributed by atoms with E-state index in [9.17, 15) is 9.90 Å². The number of nitrogens with one attached hydrogen (secondary N) is 1. The summed E-state index contributed by atoms with van der Waals surface area (Å²) in [5.74, 6) is 0. The summed E-state index contributed by atoms with van der Waals surface area (Å²) >= 11 is 0. The Morgan fingerprint density at radius 2 is 1.37 bits per heavy atom. The molecule has 6 heteroatoms. The third-order valence-electron chi connectivity index (χ3n) is 6.83. The van der Waals surface area contributed by atoms with E-state index in [1.54, 1.807) is 0 Å². The third kappa shape index (κ3) is 17.3. The average Bonchev–Trinajstić information content (AvgIpc) is 2.72. The first kappa shape index (κ1) is 34.1. The fourth-order valence-corrected chi connectivity index (χ4v) is 4.90. The van der Waals surface area contributed by atoms with E-state index in [0.717, 1.165) is 12.8 Å². The van der Waals surface area contributed by atoms with Crippen LogP contribution in [0.4, 0.5) is 4.79 Å². The molecule has 208 valence electrons. The molecule has 0 radical (unpaired) electrons. The normalized spacial score (nSPS) is 14.8. The van der Waals surface area contributed by atoms with Gasteiger partial charge in [0.2, 0.25) is 0 Å². The highest BCUT2D eigenvalue weighted by molar-refractivity contribution is 6.74. The van der Waals surface area contributed by atoms with E-state index < -0.39 is 26.1 Å². The molecule has 0 aliphatic carbocycles. The fraction of sp³-hybridized carbons (Fsp3) is 0.897. The van der Waals surface area contributed by atoms with Gasteiger partial charge in [0.25, 0.3) is 0 Å². The summed E-state index contributed by atoms with van der Waals surface area (Å²) in [4.78, 5) is 12.4. The summed E-state index contributed by atoms with van der Waals surface area (Å²) in [5.41, 5.74) is -0.592. The minimum absolute atomic E-state index is 0.0288. The van der Waals surface area contributed by atoms with Gasteiger partial charge >= 0.3 is 6.09 Å². The Bertz CT molecular complexity index is 578. The molecule has 0 aromatic rings. The molecule has 0 rings (SSSR count). The predicted octanol–water partition coefficient (Wildman–Crippen LogP) is 8.52. The van der Waals surface area contributed by atoms with Crippen molar-refractivity contribution < 1.29 is 19.1 Å². The zero-order valence-corrected chi connectivity index (χ0v) is 25.7. The standard InChI is InChI=1S/C29H59NO4Si/c1-10-11-12-13-14-15-16-17-18-19-20-21-22-23-26(34-35(8,9)29(5,6)7)25(24-31)30-27(32)33-28(2,3)4/h22-23,25-26,31H,10-21,24H2,1-9H3,(H,30,32)/b23-22+. The monoisotopic (exact) mass is 513 g/mol. The van der Waals surface area contributed by atoms with Crippen LogP contribution in [0.3, 0.4) is 0 Å². The lowest BCUT2D eigenvalue weighted by molar-refractivity contribution is 0.0415. The molecule has 0 fully saturated rings. The van der Waals surface area contributed by atoms with Gasteiger partial charge in [0.1, 0.15) is 5.60 Å². The second kappa shape index (κ2) is 17.6. The number of amides is 1. The summed E-state index contributed by atoms with van der Waals surface area (Å²) in [6, 6.07) is -0.549. The Hall–Kier alpha value is -0.853. The third-order valence-corrected chi connectivity index (χ3v) is 11.3. The van der Waals surface area contributed by atoms with E-state index in [2.05, 4.69) is 52.2 Å². The second-order valence-corrected chi connectivity index (χ2v) is 17.3. The van der Waals surface area contributed by atoms with E-state index in [0.29, 0.717) is 0 Å². The molecule has 0 aliphatic heterocycles. The van der Waals surface area contributed by atoms with Crippen molar-refractivity contribution in [2.24, 2.45) is 0 Å². The number of aliphatic hydroxyl groups is 1. The van der Waals surface area contributed by atoms with Crippen LogP contribution in [0.2, 0.25) is 18.1 Å². The molecule has 5 nitrogen and oxygen atoms in total. The molecule has 0 saturated heterocycles. The number of hydrogen-bond acceptors (Lipinski definition) is 4. The fourth-order valence-electron chi connectivity index (χ4n) is 3.62. The topological polar surface area (TPSA) is 67.8 Å². The number of hydrogen-bond donors (Lipinski definition) is 2. The molecule has 0 aromatic carbocycles. The van der Waals surface area contributed by atoms with Crippen LogP contribution in [0, 0.1) is 0 Å². The molecule has 0 heterocycles. The van der Waals surface area contributed by atoms with Gasteiger partial charge < -0.3 is 19.6 Å². The van der Waals surface area contributed by atoms with Crippen LogP contribution in [0.5, 0.6) is 0 Å². The van der Waals surface area contributed by atoms with Gasteiger partial charge in [0.05, 0.1) is 18.8 Å². The van der Waals surface area contributed by atoms with Crippen molar-refractivity contribution >= 4 is 14.4 Å². The van der Waals surface area contributed by atoms with Crippen molar-refractivity contribution in [1.29, 1.82) is 0 Å². The van der Waals surface area contributed by atoms with Gasteiger partial charge in [-0.2, -0.15) is 0 Å². The summed E-state index contributed by atoms with van der Waals surface area (Å²) in [5, 5.41) is 12.9. The Morgan fingerprint density at radius 3 is 1.80 bits per heavy atom. The Labute approximate surface area is 219 Å². The zero-order chi connectivity index (χ0) is 27.0. The van der Waals surface area contributed by atoms with Gasteiger partial charge in [-0.3, -0.25) is 0 Å². The summed E-state index contributed by atoms with van der Waals surface area (Å²) in [6.07, 6.45) is 18.9. The van der Waals surface area contributed by atoms with Crippen molar-refractivity contribution in [3.63, 3.8) is 0 Å². The van der Waals surface area contributed by atoms with E-state index in [4.69, 9.17) is 9.16 Å². The number of allylic oxidation sites excluding steroid dienone is 1. The van der Waals surface area contributed by atoms with E-state index in [1.807, 2.05) is 26.8 Å². The van der Waals surface area contributed by atoms with Gasteiger partial charge in [-0.25, -0.2) is 4.79 Å². The lowest BCUT2D eigenvalue weighted by atomic mass is 10.0. The van der Waals surface area contributed by atoms with E-state index in [1.165, 1.54) is 64.2 Å². The van der Waals surface area contributed by atoms with Crippen LogP contribution < -0.4 is 5.32 Å². The molecule has 2 atom stereocenters. The number of carbonyl (C=O) groups excluding carboxylic acids is 1. The molecule has 0 spiro atoms. The van der Waals surface area contributed by atoms with Crippen LogP contribution in [0.15, 0.2) is 12.2 Å². The van der Waals surface area contributed by atoms with Gasteiger partial charge in [-0.1, -0.05) is 104 Å². The predicted molar refractivity (Wildman–Crippen MR) is 153 cm³/mol. The molecular formula is C29H59NO4Si. The highest BCUT2D eigenvalue weighted by Gasteiger charge is 2.40. The maximum Gasteiger partial charge on any atom is 0.408 e. The molecule has 0 bridgehead atoms. The van der Waals surface area contributed by atoms with Gasteiger partial charge in [0.15, 0.2) is 8.32 Å². The molecule has 35 heavy (non-hydrogen) atoms. The smallest absolute Gasteiger partial charge is 0.408 e. The Kier molecular flexibility index (Phi) is 17.1. The average molecular weight is 514 g/mol. The first-order valence-electron chi connectivity index (χ1n) is 14.2. The first-order chi connectivity index (χ1) is 16.2. The van der Waals surface area contributed by atoms with Crippen LogP contribution in [0.1, 0.15) is 126 Å². The minimum Gasteiger partial charge on any atom is -0.444 e. The van der Waals surface area contributed by atoms with Crippen LogP contribution >= 0.6 is 0 Å². The minimum atomic E-state index is -2.10. The second-order valence-electron chi connectivity index (χ2n) is 12.5. The molecule has 1 amide bonds. The largest absolute Gasteiger partial charge is 0.444 e. The van der Waals surface area contributed by atoms with E-state index in [-0.39, 0.29) is 17.7 Å². The highest BCUT2D eigenvalue weighted by Crippen LogP contribution is 2.37. The van der Waals surface area contributed by atoms with Gasteiger partial charge in [0, 0.05) is 0 Å². The first-order valence-corrected chi connectivity index (χ1v) is 17.1. The number of carbonyl (C=O) groups is 1. The van der Waals surface area contributed by atoms with Crippen LogP contribution in [0.25, 0.3) is 0 Å². The van der Waals surface area contributed by atoms with Gasteiger partial charge in [-0.05, 0) is 51.7 Å². The van der Waals surface area contributed by atoms with Crippen LogP contribution in [-0.2, 0) is 9.16 Å². The zero-order valence-electron chi connectivity index (χ0n) is 24.7. The number of ether oxygens (including phenoxy) is 1. The van der Waals surface area contributed by atoms with E-state index >= 15 is 0 Å². The molecule has 0 aliphatic rings. The summed E-state index contributed by atoms with van der Waals surface area (Å²) in [7, 11) is -2.10.